The zero-order chi connectivity index (χ0) is 58.1. The Hall–Kier alpha value is -6.88. The normalized spacial score (nSPS) is 22.7. The van der Waals surface area contributed by atoms with Gasteiger partial charge >= 0.3 is 0 Å². The minimum Gasteiger partial charge on any atom is -0.361 e. The number of unbranched alkanes of at least 4 members (excludes halogenated alkanes) is 4. The molecular weight excluding hydrogens is 1020 g/mol. The molecule has 0 saturated carbocycles. The van der Waals surface area contributed by atoms with Crippen molar-refractivity contribution in [3.05, 3.63) is 72.1 Å². The SMILES string of the molecule is CC(C)C[C@@H]1NC(=O)[C@H](CCCCN)NC(=O)[C@H](CCCCN)NC(=O)[C@H](CCCCN)NC(=O)[C@H](CCCCN)NC(=O)[C@H](Cc2c[nH]c3ccccc23)NC(=O)[C@H](Cc2c[nH]c3ccccc23)NC(=O)[C@H](CC(C)C)NC1=O. The second kappa shape index (κ2) is 33.0. The van der Waals surface area contributed by atoms with Crippen LogP contribution in [0.4, 0.5) is 0 Å². The first-order chi connectivity index (χ1) is 38.5. The monoisotopic (exact) mass is 1110 g/mol. The second-order valence-electron chi connectivity index (χ2n) is 22.0. The molecule has 2 aromatic carbocycles. The first-order valence-corrected chi connectivity index (χ1v) is 28.8. The first-order valence-electron chi connectivity index (χ1n) is 28.8. The molecule has 8 atom stereocenters. The number of para-hydroxylation sites is 2. The summed E-state index contributed by atoms with van der Waals surface area (Å²) in [4.78, 5) is 124. The molecule has 8 amide bonds. The van der Waals surface area contributed by atoms with E-state index in [-0.39, 0.29) is 63.2 Å². The molecule has 440 valence electrons. The number of aromatic amines is 2. The zero-order valence-corrected chi connectivity index (χ0v) is 47.3. The Kier molecular flexibility index (Phi) is 26.4. The highest BCUT2D eigenvalue weighted by Crippen LogP contribution is 2.22. The van der Waals surface area contributed by atoms with E-state index in [4.69, 9.17) is 22.9 Å². The van der Waals surface area contributed by atoms with Gasteiger partial charge in [0.1, 0.15) is 48.3 Å². The third kappa shape index (κ3) is 19.7. The van der Waals surface area contributed by atoms with E-state index in [0.29, 0.717) is 88.7 Å². The summed E-state index contributed by atoms with van der Waals surface area (Å²) in [6.45, 7) is 8.79. The number of fused-ring (bicyclic) bond motifs is 2. The van der Waals surface area contributed by atoms with E-state index in [2.05, 4.69) is 52.5 Å². The third-order valence-corrected chi connectivity index (χ3v) is 14.5. The molecule has 0 unspecified atom stereocenters. The smallest absolute Gasteiger partial charge is 0.243 e. The van der Waals surface area contributed by atoms with Gasteiger partial charge in [-0.05, 0) is 151 Å². The summed E-state index contributed by atoms with van der Waals surface area (Å²) in [7, 11) is 0. The molecule has 0 radical (unpaired) electrons. The highest BCUT2D eigenvalue weighted by atomic mass is 16.2. The number of carbonyl (C=O) groups excluding carboxylic acids is 8. The van der Waals surface area contributed by atoms with Crippen LogP contribution in [-0.4, -0.2) is 132 Å². The Bertz CT molecular complexity index is 2650. The van der Waals surface area contributed by atoms with Crippen LogP contribution in [0.5, 0.6) is 0 Å². The molecular formula is C58H90N14O8. The van der Waals surface area contributed by atoms with Gasteiger partial charge in [0.05, 0.1) is 0 Å². The average molecular weight is 1110 g/mol. The van der Waals surface area contributed by atoms with E-state index in [0.717, 1.165) is 21.8 Å². The molecule has 22 heteroatoms. The number of carbonyl (C=O) groups is 8. The fraction of sp³-hybridized carbons (Fsp3) is 0.586. The molecule has 1 fully saturated rings. The Morgan fingerprint density at radius 2 is 0.600 bits per heavy atom. The topological polar surface area (TPSA) is 368 Å². The Labute approximate surface area is 470 Å². The number of hydrogen-bond acceptors (Lipinski definition) is 12. The standard InChI is InChI=1S/C58H90N14O8/c1-35(2)29-47-55(77)70-48(30-36(3)4)56(78)71-50(32-38-34-64-42-20-8-6-18-40(38)42)58(80)72-49(31-37-33-63-41-19-7-5-17-39(37)41)57(79)68-45(23-11-15-27-61)53(75)66-43(21-9-13-25-59)51(73)65-44(22-10-14-26-60)52(74)67-46(54(76)69-47)24-12-16-28-62/h5-8,17-20,33-36,43-50,63-64H,9-16,21-32,59-62H2,1-4H3,(H,65,73)(H,66,75)(H,67,74)(H,68,79)(H,69,76)(H,70,77)(H,71,78)(H,72,80)/t43-,44-,45-,46-,47-,48-,49-,50-/m0/s1. The summed E-state index contributed by atoms with van der Waals surface area (Å²) in [5.74, 6) is -5.72. The van der Waals surface area contributed by atoms with Crippen LogP contribution in [0.1, 0.15) is 129 Å². The van der Waals surface area contributed by atoms with Crippen molar-refractivity contribution in [1.29, 1.82) is 0 Å². The number of benzene rings is 2. The van der Waals surface area contributed by atoms with Crippen LogP contribution < -0.4 is 65.5 Å². The van der Waals surface area contributed by atoms with Crippen LogP contribution in [0.2, 0.25) is 0 Å². The number of hydrogen-bond donors (Lipinski definition) is 14. The minimum absolute atomic E-state index is 0.0414. The summed E-state index contributed by atoms with van der Waals surface area (Å²) >= 11 is 0. The zero-order valence-electron chi connectivity index (χ0n) is 47.3. The largest absolute Gasteiger partial charge is 0.361 e. The number of rotatable bonds is 24. The molecule has 3 heterocycles. The number of amides is 8. The van der Waals surface area contributed by atoms with Crippen molar-refractivity contribution in [3.63, 3.8) is 0 Å². The fourth-order valence-corrected chi connectivity index (χ4v) is 10.1. The van der Waals surface area contributed by atoms with Crippen molar-refractivity contribution in [2.75, 3.05) is 26.2 Å². The lowest BCUT2D eigenvalue weighted by Crippen LogP contribution is -2.62. The van der Waals surface area contributed by atoms with Crippen molar-refractivity contribution >= 4 is 69.1 Å². The second-order valence-corrected chi connectivity index (χ2v) is 22.0. The quantitative estimate of drug-likeness (QED) is 0.0448. The maximum Gasteiger partial charge on any atom is 0.243 e. The van der Waals surface area contributed by atoms with Crippen LogP contribution in [0, 0.1) is 11.8 Å². The highest BCUT2D eigenvalue weighted by Gasteiger charge is 2.37. The number of nitrogens with one attached hydrogen (secondary N) is 10. The van der Waals surface area contributed by atoms with Gasteiger partial charge in [0.2, 0.25) is 47.3 Å². The van der Waals surface area contributed by atoms with Crippen molar-refractivity contribution in [2.45, 2.75) is 179 Å². The van der Waals surface area contributed by atoms with Gasteiger partial charge in [0, 0.05) is 47.0 Å². The maximum absolute atomic E-state index is 15.2. The summed E-state index contributed by atoms with van der Waals surface area (Å²) in [6, 6.07) is 5.15. The van der Waals surface area contributed by atoms with Crippen molar-refractivity contribution in [3.8, 4) is 0 Å². The molecule has 22 nitrogen and oxygen atoms in total. The highest BCUT2D eigenvalue weighted by molar-refractivity contribution is 5.99. The Balaban J connectivity index is 1.65. The van der Waals surface area contributed by atoms with E-state index in [9.17, 15) is 28.8 Å². The summed E-state index contributed by atoms with van der Waals surface area (Å²) in [6.07, 6.45) is 7.99. The molecule has 0 bridgehead atoms. The average Bonchev–Trinajstić information content (AvgIpc) is 4.04. The van der Waals surface area contributed by atoms with Crippen molar-refractivity contribution in [1.82, 2.24) is 52.5 Å². The number of nitrogens with two attached hydrogens (primary N) is 4. The van der Waals surface area contributed by atoms with Gasteiger partial charge in [-0.15, -0.1) is 0 Å². The lowest BCUT2D eigenvalue weighted by Gasteiger charge is -2.30. The van der Waals surface area contributed by atoms with E-state index in [1.807, 2.05) is 76.2 Å². The van der Waals surface area contributed by atoms with Crippen LogP contribution in [-0.2, 0) is 51.2 Å². The molecule has 1 aliphatic heterocycles. The lowest BCUT2D eigenvalue weighted by atomic mass is 9.98. The molecule has 2 aromatic heterocycles. The van der Waals surface area contributed by atoms with Gasteiger partial charge < -0.3 is 75.4 Å². The van der Waals surface area contributed by atoms with Crippen molar-refractivity contribution < 1.29 is 38.4 Å². The third-order valence-electron chi connectivity index (χ3n) is 14.5. The number of H-pyrrole nitrogens is 2. The number of aromatic nitrogens is 2. The Morgan fingerprint density at radius 3 is 0.887 bits per heavy atom. The molecule has 0 spiro atoms. The van der Waals surface area contributed by atoms with Crippen LogP contribution in [0.3, 0.4) is 0 Å². The molecule has 5 rings (SSSR count). The Morgan fingerprint density at radius 1 is 0.350 bits per heavy atom. The summed E-state index contributed by atoms with van der Waals surface area (Å²) < 4.78 is 0. The van der Waals surface area contributed by atoms with Gasteiger partial charge in [-0.25, -0.2) is 0 Å². The minimum atomic E-state index is -1.33. The van der Waals surface area contributed by atoms with Gasteiger partial charge in [-0.3, -0.25) is 38.4 Å². The lowest BCUT2D eigenvalue weighted by molar-refractivity contribution is -0.137. The van der Waals surface area contributed by atoms with Gasteiger partial charge in [0.15, 0.2) is 0 Å². The van der Waals surface area contributed by atoms with E-state index in [1.54, 1.807) is 12.4 Å². The molecule has 1 aliphatic rings. The molecule has 1 saturated heterocycles. The van der Waals surface area contributed by atoms with Crippen LogP contribution >= 0.6 is 0 Å². The maximum atomic E-state index is 15.2. The predicted molar refractivity (Wildman–Crippen MR) is 310 cm³/mol. The predicted octanol–water partition coefficient (Wildman–Crippen LogP) is 1.93. The first kappa shape index (κ1) is 63.9. The van der Waals surface area contributed by atoms with Gasteiger partial charge in [0.25, 0.3) is 0 Å². The fourth-order valence-electron chi connectivity index (χ4n) is 10.1. The van der Waals surface area contributed by atoms with E-state index >= 15 is 9.59 Å². The van der Waals surface area contributed by atoms with Crippen molar-refractivity contribution in [2.24, 2.45) is 34.8 Å². The molecule has 0 aliphatic carbocycles. The van der Waals surface area contributed by atoms with Gasteiger partial charge in [-0.1, -0.05) is 64.1 Å². The molecule has 80 heavy (non-hydrogen) atoms. The molecule has 18 N–H and O–H groups in total. The summed E-state index contributed by atoms with van der Waals surface area (Å²) in [5.41, 5.74) is 26.5. The molecule has 4 aromatic rings. The van der Waals surface area contributed by atoms with Crippen LogP contribution in [0.15, 0.2) is 60.9 Å². The summed E-state index contributed by atoms with van der Waals surface area (Å²) in [5, 5.41) is 24.7. The van der Waals surface area contributed by atoms with Crippen LogP contribution in [0.25, 0.3) is 21.8 Å². The van der Waals surface area contributed by atoms with E-state index < -0.39 is 95.6 Å². The van der Waals surface area contributed by atoms with Gasteiger partial charge in [-0.2, -0.15) is 0 Å². The van der Waals surface area contributed by atoms with E-state index in [1.165, 1.54) is 0 Å².